The van der Waals surface area contributed by atoms with Gasteiger partial charge in [0.15, 0.2) is 17.3 Å². The van der Waals surface area contributed by atoms with Crippen LogP contribution in [0.5, 0.6) is 11.5 Å². The summed E-state index contributed by atoms with van der Waals surface area (Å²) in [5.74, 6) is -0.522. The van der Waals surface area contributed by atoms with Crippen molar-refractivity contribution in [3.63, 3.8) is 0 Å². The minimum absolute atomic E-state index is 0.0144. The van der Waals surface area contributed by atoms with Gasteiger partial charge >= 0.3 is 5.97 Å². The van der Waals surface area contributed by atoms with Crippen molar-refractivity contribution in [3.05, 3.63) is 28.8 Å². The van der Waals surface area contributed by atoms with Crippen LogP contribution in [0.3, 0.4) is 0 Å². The summed E-state index contributed by atoms with van der Waals surface area (Å²) < 4.78 is 10.5. The highest BCUT2D eigenvalue weighted by atomic mass is 16.5. The van der Waals surface area contributed by atoms with Gasteiger partial charge in [-0.25, -0.2) is 0 Å². The standard InChI is InChI=1S/C18H24O5/c1-6-13(18(20)21)9-15(19)12(3)7-14-10-17(23-5)16(22-4)8-11(14)2/h7-8,10,13H,6,9H2,1-5H3,(H,20,21)/b12-7+/t13-/m1/s1. The molecule has 5 heteroatoms. The average Bonchev–Trinajstić information content (AvgIpc) is 2.53. The number of allylic oxidation sites excluding steroid dienone is 1. The molecule has 1 aromatic carbocycles. The Bertz CT molecular complexity index is 616. The fourth-order valence-corrected chi connectivity index (χ4v) is 2.26. The second-order valence-electron chi connectivity index (χ2n) is 5.46. The molecular weight excluding hydrogens is 296 g/mol. The van der Waals surface area contributed by atoms with Crippen LogP contribution in [0, 0.1) is 12.8 Å². The molecule has 0 fully saturated rings. The maximum absolute atomic E-state index is 12.2. The lowest BCUT2D eigenvalue weighted by Gasteiger charge is -2.12. The lowest BCUT2D eigenvalue weighted by atomic mass is 9.95. The molecule has 1 rings (SSSR count). The van der Waals surface area contributed by atoms with Crippen molar-refractivity contribution in [2.45, 2.75) is 33.6 Å². The molecule has 126 valence electrons. The van der Waals surface area contributed by atoms with Crippen LogP contribution < -0.4 is 9.47 Å². The molecule has 0 spiro atoms. The topological polar surface area (TPSA) is 72.8 Å². The Morgan fingerprint density at radius 3 is 2.26 bits per heavy atom. The lowest BCUT2D eigenvalue weighted by Crippen LogP contribution is -2.17. The zero-order valence-electron chi connectivity index (χ0n) is 14.3. The Morgan fingerprint density at radius 1 is 1.22 bits per heavy atom. The Kier molecular flexibility index (Phi) is 6.82. The molecule has 1 N–H and O–H groups in total. The van der Waals surface area contributed by atoms with Crippen molar-refractivity contribution >= 4 is 17.8 Å². The third kappa shape index (κ3) is 4.84. The van der Waals surface area contributed by atoms with Gasteiger partial charge in [-0.05, 0) is 55.2 Å². The summed E-state index contributed by atoms with van der Waals surface area (Å²) in [5, 5.41) is 9.06. The fraction of sp³-hybridized carbons (Fsp3) is 0.444. The quantitative estimate of drug-likeness (QED) is 0.742. The number of carbonyl (C=O) groups excluding carboxylic acids is 1. The number of hydrogen-bond donors (Lipinski definition) is 1. The van der Waals surface area contributed by atoms with Gasteiger partial charge in [0.05, 0.1) is 20.1 Å². The van der Waals surface area contributed by atoms with Crippen LogP contribution in [0.4, 0.5) is 0 Å². The highest BCUT2D eigenvalue weighted by molar-refractivity contribution is 6.00. The van der Waals surface area contributed by atoms with Gasteiger partial charge < -0.3 is 14.6 Å². The van der Waals surface area contributed by atoms with E-state index in [2.05, 4.69) is 0 Å². The number of ether oxygens (including phenoxy) is 2. The van der Waals surface area contributed by atoms with E-state index in [1.165, 1.54) is 0 Å². The minimum Gasteiger partial charge on any atom is -0.493 e. The molecule has 0 bridgehead atoms. The predicted molar refractivity (Wildman–Crippen MR) is 89.0 cm³/mol. The molecule has 0 radical (unpaired) electrons. The van der Waals surface area contributed by atoms with E-state index in [0.717, 1.165) is 11.1 Å². The predicted octanol–water partition coefficient (Wildman–Crippen LogP) is 3.49. The van der Waals surface area contributed by atoms with Gasteiger partial charge in [0.1, 0.15) is 0 Å². The molecule has 0 saturated carbocycles. The fourth-order valence-electron chi connectivity index (χ4n) is 2.26. The number of carbonyl (C=O) groups is 2. The van der Waals surface area contributed by atoms with Crippen LogP contribution in [-0.4, -0.2) is 31.1 Å². The van der Waals surface area contributed by atoms with E-state index in [9.17, 15) is 9.59 Å². The summed E-state index contributed by atoms with van der Waals surface area (Å²) in [7, 11) is 3.12. The first kappa shape index (κ1) is 18.7. The van der Waals surface area contributed by atoms with Gasteiger partial charge in [-0.2, -0.15) is 0 Å². The zero-order chi connectivity index (χ0) is 17.6. The number of aryl methyl sites for hydroxylation is 1. The Morgan fingerprint density at radius 2 is 1.78 bits per heavy atom. The van der Waals surface area contributed by atoms with E-state index >= 15 is 0 Å². The number of hydrogen-bond acceptors (Lipinski definition) is 4. The molecule has 0 saturated heterocycles. The number of benzene rings is 1. The zero-order valence-corrected chi connectivity index (χ0v) is 14.3. The average molecular weight is 320 g/mol. The van der Waals surface area contributed by atoms with E-state index in [1.807, 2.05) is 13.0 Å². The van der Waals surface area contributed by atoms with Gasteiger partial charge in [0.2, 0.25) is 0 Å². The minimum atomic E-state index is -0.934. The monoisotopic (exact) mass is 320 g/mol. The van der Waals surface area contributed by atoms with Crippen molar-refractivity contribution in [2.24, 2.45) is 5.92 Å². The summed E-state index contributed by atoms with van der Waals surface area (Å²) in [4.78, 5) is 23.3. The van der Waals surface area contributed by atoms with Gasteiger partial charge in [-0.1, -0.05) is 6.92 Å². The summed E-state index contributed by atoms with van der Waals surface area (Å²) in [5.41, 5.74) is 2.32. The highest BCUT2D eigenvalue weighted by Gasteiger charge is 2.20. The molecule has 0 aliphatic rings. The Balaban J connectivity index is 3.05. The molecule has 1 aromatic rings. The first-order valence-electron chi connectivity index (χ1n) is 7.50. The van der Waals surface area contributed by atoms with E-state index in [1.54, 1.807) is 40.2 Å². The number of carboxylic acid groups (broad SMARTS) is 1. The lowest BCUT2D eigenvalue weighted by molar-refractivity contribution is -0.143. The van der Waals surface area contributed by atoms with Crippen LogP contribution in [-0.2, 0) is 9.59 Å². The van der Waals surface area contributed by atoms with Crippen molar-refractivity contribution < 1.29 is 24.2 Å². The maximum Gasteiger partial charge on any atom is 0.306 e. The first-order valence-corrected chi connectivity index (χ1v) is 7.50. The molecular formula is C18H24O5. The molecule has 0 aliphatic carbocycles. The van der Waals surface area contributed by atoms with Crippen molar-refractivity contribution in [1.29, 1.82) is 0 Å². The van der Waals surface area contributed by atoms with E-state index in [0.29, 0.717) is 23.5 Å². The number of Topliss-reactive ketones (excluding diaryl/α,β-unsaturated/α-hetero) is 1. The Labute approximate surface area is 136 Å². The molecule has 1 atom stereocenters. The summed E-state index contributed by atoms with van der Waals surface area (Å²) in [6.07, 6.45) is 2.21. The number of carboxylic acids is 1. The normalized spacial score (nSPS) is 12.7. The molecule has 0 aromatic heterocycles. The van der Waals surface area contributed by atoms with Crippen LogP contribution in [0.1, 0.15) is 37.8 Å². The molecule has 5 nitrogen and oxygen atoms in total. The second-order valence-corrected chi connectivity index (χ2v) is 5.46. The first-order chi connectivity index (χ1) is 10.8. The molecule has 0 aliphatic heterocycles. The van der Waals surface area contributed by atoms with Crippen molar-refractivity contribution in [3.8, 4) is 11.5 Å². The maximum atomic E-state index is 12.2. The molecule has 0 unspecified atom stereocenters. The summed E-state index contributed by atoms with van der Waals surface area (Å²) in [6.45, 7) is 5.38. The van der Waals surface area contributed by atoms with E-state index in [-0.39, 0.29) is 12.2 Å². The Hall–Kier alpha value is -2.30. The second kappa shape index (κ2) is 8.36. The number of ketones is 1. The third-order valence-electron chi connectivity index (χ3n) is 3.86. The summed E-state index contributed by atoms with van der Waals surface area (Å²) in [6, 6.07) is 3.65. The van der Waals surface area contributed by atoms with Gasteiger partial charge in [-0.3, -0.25) is 9.59 Å². The molecule has 23 heavy (non-hydrogen) atoms. The van der Waals surface area contributed by atoms with Crippen molar-refractivity contribution in [2.75, 3.05) is 14.2 Å². The van der Waals surface area contributed by atoms with Gasteiger partial charge in [0.25, 0.3) is 0 Å². The number of methoxy groups -OCH3 is 2. The largest absolute Gasteiger partial charge is 0.493 e. The SMILES string of the molecule is CC[C@H](CC(=O)/C(C)=C/c1cc(OC)c(OC)cc1C)C(=O)O. The number of rotatable bonds is 8. The molecule has 0 amide bonds. The summed E-state index contributed by atoms with van der Waals surface area (Å²) >= 11 is 0. The number of aliphatic carboxylic acids is 1. The van der Waals surface area contributed by atoms with Crippen LogP contribution in [0.25, 0.3) is 6.08 Å². The van der Waals surface area contributed by atoms with Crippen LogP contribution in [0.15, 0.2) is 17.7 Å². The highest BCUT2D eigenvalue weighted by Crippen LogP contribution is 2.31. The van der Waals surface area contributed by atoms with Crippen molar-refractivity contribution in [1.82, 2.24) is 0 Å². The smallest absolute Gasteiger partial charge is 0.306 e. The van der Waals surface area contributed by atoms with Gasteiger partial charge in [0, 0.05) is 6.42 Å². The van der Waals surface area contributed by atoms with E-state index in [4.69, 9.17) is 14.6 Å². The van der Waals surface area contributed by atoms with Gasteiger partial charge in [-0.15, -0.1) is 0 Å². The van der Waals surface area contributed by atoms with Crippen LogP contribution >= 0.6 is 0 Å². The third-order valence-corrected chi connectivity index (χ3v) is 3.86. The van der Waals surface area contributed by atoms with E-state index < -0.39 is 11.9 Å². The molecule has 0 heterocycles. The van der Waals surface area contributed by atoms with Crippen LogP contribution in [0.2, 0.25) is 0 Å².